The van der Waals surface area contributed by atoms with Crippen molar-refractivity contribution in [1.82, 2.24) is 0 Å². The molecule has 0 aromatic carbocycles. The second kappa shape index (κ2) is 7.93. The molecule has 0 fully saturated rings. The Morgan fingerprint density at radius 3 is 2.00 bits per heavy atom. The summed E-state index contributed by atoms with van der Waals surface area (Å²) in [7, 11) is -1.84. The minimum atomic E-state index is -1.84. The van der Waals surface area contributed by atoms with Crippen LogP contribution in [0.2, 0.25) is 18.1 Å². The van der Waals surface area contributed by atoms with Crippen molar-refractivity contribution in [2.45, 2.75) is 85.2 Å². The molecular weight excluding hydrogens is 276 g/mol. The normalized spacial score (nSPS) is 20.5. The molecule has 0 aromatic rings. The topological polar surface area (TPSA) is 29.5 Å². The van der Waals surface area contributed by atoms with Gasteiger partial charge in [-0.1, -0.05) is 61.0 Å². The van der Waals surface area contributed by atoms with Crippen LogP contribution in [0.3, 0.4) is 0 Å². The van der Waals surface area contributed by atoms with Crippen LogP contribution < -0.4 is 0 Å². The predicted octanol–water partition coefficient (Wildman–Crippen LogP) is 5.24. The molecule has 0 heterocycles. The van der Waals surface area contributed by atoms with Gasteiger partial charge in [-0.25, -0.2) is 0 Å². The summed E-state index contributed by atoms with van der Waals surface area (Å²) in [5, 5.41) is 10.8. The Labute approximate surface area is 134 Å². The van der Waals surface area contributed by atoms with E-state index in [4.69, 9.17) is 4.43 Å². The van der Waals surface area contributed by atoms with Crippen LogP contribution in [0.25, 0.3) is 0 Å². The summed E-state index contributed by atoms with van der Waals surface area (Å²) in [5.74, 6) is 0.650. The quantitative estimate of drug-likeness (QED) is 0.490. The van der Waals surface area contributed by atoms with Crippen LogP contribution in [-0.4, -0.2) is 25.6 Å². The summed E-state index contributed by atoms with van der Waals surface area (Å²) in [6, 6.07) is 0. The zero-order valence-electron chi connectivity index (χ0n) is 15.7. The Bertz CT molecular complexity index is 320. The van der Waals surface area contributed by atoms with Crippen LogP contribution in [-0.2, 0) is 4.43 Å². The molecule has 1 N–H and O–H groups in total. The zero-order chi connectivity index (χ0) is 17.0. The fourth-order valence-electron chi connectivity index (χ4n) is 2.30. The highest BCUT2D eigenvalue weighted by molar-refractivity contribution is 6.74. The second-order valence-corrected chi connectivity index (χ2v) is 12.9. The van der Waals surface area contributed by atoms with Gasteiger partial charge in [0.1, 0.15) is 0 Å². The van der Waals surface area contributed by atoms with Crippen LogP contribution in [0, 0.1) is 17.8 Å². The van der Waals surface area contributed by atoms with E-state index in [2.05, 4.69) is 61.2 Å². The van der Waals surface area contributed by atoms with Gasteiger partial charge in [-0.3, -0.25) is 0 Å². The molecule has 0 unspecified atom stereocenters. The number of hydrogen-bond acceptors (Lipinski definition) is 2. The van der Waals surface area contributed by atoms with Crippen molar-refractivity contribution in [3.05, 3.63) is 12.7 Å². The zero-order valence-corrected chi connectivity index (χ0v) is 16.7. The van der Waals surface area contributed by atoms with Crippen molar-refractivity contribution < 1.29 is 9.53 Å². The molecule has 0 rings (SSSR count). The maximum absolute atomic E-state index is 10.6. The summed E-state index contributed by atoms with van der Waals surface area (Å²) in [6.07, 6.45) is 2.61. The standard InChI is InChI=1S/C18H38O2Si/c1-11-13(3)16(19)15(5)17(14(4)12-2)20-21(9,10)18(6,7)8/h11,13-17,19H,1,12H2,2-10H3/t13-,14-,15+,16-,17+/m0/s1. The third-order valence-electron chi connectivity index (χ3n) is 5.41. The molecule has 0 aliphatic rings. The first-order valence-electron chi connectivity index (χ1n) is 8.37. The SMILES string of the molecule is C=C[C@H](C)[C@H](O)[C@@H](C)[C@H](O[Si](C)(C)C(C)(C)C)[C@@H](C)CC. The molecule has 21 heavy (non-hydrogen) atoms. The van der Waals surface area contributed by atoms with Crippen LogP contribution in [0.4, 0.5) is 0 Å². The lowest BCUT2D eigenvalue weighted by Crippen LogP contribution is -2.49. The molecule has 0 saturated heterocycles. The highest BCUT2D eigenvalue weighted by Gasteiger charge is 2.42. The summed E-state index contributed by atoms with van der Waals surface area (Å²) < 4.78 is 6.68. The molecule has 126 valence electrons. The van der Waals surface area contributed by atoms with Crippen molar-refractivity contribution in [3.63, 3.8) is 0 Å². The molecule has 0 aromatic heterocycles. The van der Waals surface area contributed by atoms with Gasteiger partial charge < -0.3 is 9.53 Å². The Morgan fingerprint density at radius 1 is 1.19 bits per heavy atom. The van der Waals surface area contributed by atoms with Gasteiger partial charge in [0.25, 0.3) is 0 Å². The van der Waals surface area contributed by atoms with Gasteiger partial charge in [0.2, 0.25) is 0 Å². The number of rotatable bonds is 8. The fraction of sp³-hybridized carbons (Fsp3) is 0.889. The van der Waals surface area contributed by atoms with Crippen molar-refractivity contribution in [3.8, 4) is 0 Å². The molecule has 0 spiro atoms. The Kier molecular flexibility index (Phi) is 7.89. The van der Waals surface area contributed by atoms with Crippen LogP contribution >= 0.6 is 0 Å². The van der Waals surface area contributed by atoms with E-state index in [0.29, 0.717) is 5.92 Å². The van der Waals surface area contributed by atoms with E-state index in [1.165, 1.54) is 0 Å². The maximum atomic E-state index is 10.6. The maximum Gasteiger partial charge on any atom is 0.192 e. The van der Waals surface area contributed by atoms with Gasteiger partial charge in [-0.05, 0) is 24.1 Å². The van der Waals surface area contributed by atoms with Gasteiger partial charge in [0.05, 0.1) is 12.2 Å². The minimum absolute atomic E-state index is 0.0922. The van der Waals surface area contributed by atoms with Gasteiger partial charge in [-0.2, -0.15) is 0 Å². The monoisotopic (exact) mass is 314 g/mol. The Hall–Kier alpha value is -0.123. The third kappa shape index (κ3) is 5.54. The van der Waals surface area contributed by atoms with E-state index in [1.54, 1.807) is 0 Å². The average Bonchev–Trinajstić information content (AvgIpc) is 2.40. The molecule has 3 heteroatoms. The lowest BCUT2D eigenvalue weighted by molar-refractivity contribution is -0.0140. The van der Waals surface area contributed by atoms with E-state index >= 15 is 0 Å². The largest absolute Gasteiger partial charge is 0.413 e. The molecule has 0 saturated carbocycles. The second-order valence-electron chi connectivity index (χ2n) is 8.17. The van der Waals surface area contributed by atoms with E-state index < -0.39 is 14.4 Å². The van der Waals surface area contributed by atoms with Gasteiger partial charge >= 0.3 is 0 Å². The van der Waals surface area contributed by atoms with Gasteiger partial charge in [0.15, 0.2) is 8.32 Å². The summed E-state index contributed by atoms with van der Waals surface area (Å²) in [4.78, 5) is 0. The molecule has 0 aliphatic heterocycles. The van der Waals surface area contributed by atoms with Gasteiger partial charge in [0, 0.05) is 11.8 Å². The Morgan fingerprint density at radius 2 is 1.67 bits per heavy atom. The number of hydrogen-bond donors (Lipinski definition) is 1. The van der Waals surface area contributed by atoms with E-state index in [1.807, 2.05) is 13.0 Å². The molecule has 0 radical (unpaired) electrons. The van der Waals surface area contributed by atoms with Crippen LogP contribution in [0.1, 0.15) is 54.9 Å². The van der Waals surface area contributed by atoms with Crippen LogP contribution in [0.5, 0.6) is 0 Å². The predicted molar refractivity (Wildman–Crippen MR) is 96.1 cm³/mol. The fourth-order valence-corrected chi connectivity index (χ4v) is 3.78. The molecule has 0 bridgehead atoms. The average molecular weight is 315 g/mol. The Balaban J connectivity index is 5.27. The first-order chi connectivity index (χ1) is 9.39. The molecule has 0 aliphatic carbocycles. The summed E-state index contributed by atoms with van der Waals surface area (Å²) >= 11 is 0. The molecule has 0 amide bonds. The highest BCUT2D eigenvalue weighted by Crippen LogP contribution is 2.40. The number of aliphatic hydroxyl groups excluding tert-OH is 1. The molecule has 2 nitrogen and oxygen atoms in total. The van der Waals surface area contributed by atoms with Crippen molar-refractivity contribution >= 4 is 8.32 Å². The summed E-state index contributed by atoms with van der Waals surface area (Å²) in [6.45, 7) is 23.8. The lowest BCUT2D eigenvalue weighted by atomic mass is 9.83. The van der Waals surface area contributed by atoms with E-state index in [0.717, 1.165) is 6.42 Å². The minimum Gasteiger partial charge on any atom is -0.413 e. The molecule has 5 atom stereocenters. The molecular formula is C18H38O2Si. The lowest BCUT2D eigenvalue weighted by Gasteiger charge is -2.44. The smallest absolute Gasteiger partial charge is 0.192 e. The first-order valence-corrected chi connectivity index (χ1v) is 11.3. The number of aliphatic hydroxyl groups is 1. The van der Waals surface area contributed by atoms with E-state index in [9.17, 15) is 5.11 Å². The van der Waals surface area contributed by atoms with Gasteiger partial charge in [-0.15, -0.1) is 6.58 Å². The van der Waals surface area contributed by atoms with Crippen molar-refractivity contribution in [2.75, 3.05) is 0 Å². The van der Waals surface area contributed by atoms with Crippen molar-refractivity contribution in [1.29, 1.82) is 0 Å². The van der Waals surface area contributed by atoms with Crippen molar-refractivity contribution in [2.24, 2.45) is 17.8 Å². The van der Waals surface area contributed by atoms with Crippen LogP contribution in [0.15, 0.2) is 12.7 Å². The summed E-state index contributed by atoms with van der Waals surface area (Å²) in [5.41, 5.74) is 0. The first kappa shape index (κ1) is 20.9. The highest BCUT2D eigenvalue weighted by atomic mass is 28.4. The third-order valence-corrected chi connectivity index (χ3v) is 9.88. The van der Waals surface area contributed by atoms with E-state index in [-0.39, 0.29) is 23.0 Å².